The molecule has 1 aromatic carbocycles. The number of hydrogen-bond acceptors (Lipinski definition) is 8. The van der Waals surface area contributed by atoms with Crippen molar-refractivity contribution in [1.29, 1.82) is 0 Å². The SMILES string of the molecule is COC(=O)CNC(=O)C(c1cccc(C)c1O)N(C(=O)C(CC(N)=O)NC(=O)OC(C)(C)C)C(C)C. The number of carbonyl (C=O) groups is 5. The van der Waals surface area contributed by atoms with Crippen molar-refractivity contribution in [3.63, 3.8) is 0 Å². The lowest BCUT2D eigenvalue weighted by molar-refractivity contribution is -0.146. The number of esters is 1. The smallest absolute Gasteiger partial charge is 0.408 e. The zero-order valence-electron chi connectivity index (χ0n) is 21.7. The van der Waals surface area contributed by atoms with Crippen LogP contribution in [-0.4, -0.2) is 71.1 Å². The van der Waals surface area contributed by atoms with E-state index in [2.05, 4.69) is 15.4 Å². The molecule has 0 aliphatic carbocycles. The molecule has 0 bridgehead atoms. The maximum absolute atomic E-state index is 13.7. The van der Waals surface area contributed by atoms with E-state index >= 15 is 0 Å². The third kappa shape index (κ3) is 8.75. The number of rotatable bonds is 10. The van der Waals surface area contributed by atoms with Gasteiger partial charge in [-0.25, -0.2) is 4.79 Å². The molecular weight excluding hydrogens is 472 g/mol. The number of aromatic hydroxyl groups is 1. The van der Waals surface area contributed by atoms with Crippen LogP contribution in [0, 0.1) is 6.92 Å². The molecule has 200 valence electrons. The summed E-state index contributed by atoms with van der Waals surface area (Å²) in [6, 6.07) is 1.09. The van der Waals surface area contributed by atoms with Gasteiger partial charge in [0, 0.05) is 11.6 Å². The molecule has 12 heteroatoms. The monoisotopic (exact) mass is 508 g/mol. The van der Waals surface area contributed by atoms with Crippen molar-refractivity contribution >= 4 is 29.8 Å². The molecule has 0 aliphatic heterocycles. The largest absolute Gasteiger partial charge is 0.507 e. The van der Waals surface area contributed by atoms with Crippen LogP contribution in [0.2, 0.25) is 0 Å². The highest BCUT2D eigenvalue weighted by Crippen LogP contribution is 2.33. The molecule has 0 fully saturated rings. The van der Waals surface area contributed by atoms with E-state index < -0.39 is 66.5 Å². The summed E-state index contributed by atoms with van der Waals surface area (Å²) in [6.07, 6.45) is -1.53. The van der Waals surface area contributed by atoms with Gasteiger partial charge in [-0.15, -0.1) is 0 Å². The predicted octanol–water partition coefficient (Wildman–Crippen LogP) is 1.04. The number of phenols is 1. The van der Waals surface area contributed by atoms with E-state index in [0.29, 0.717) is 5.56 Å². The molecule has 0 saturated heterocycles. The standard InChI is InChI=1S/C24H36N4O8/c1-13(2)28(22(33)16(11-17(25)29)27-23(34)36-24(4,5)6)19(21(32)26-12-18(30)35-7)15-10-8-9-14(3)20(15)31/h8-10,13,16,19,31H,11-12H2,1-7H3,(H2,25,29)(H,26,32)(H,27,34). The van der Waals surface area contributed by atoms with Crippen LogP contribution in [0.1, 0.15) is 58.2 Å². The van der Waals surface area contributed by atoms with E-state index in [1.54, 1.807) is 53.7 Å². The molecule has 5 N–H and O–H groups in total. The lowest BCUT2D eigenvalue weighted by atomic mass is 9.97. The second-order valence-electron chi connectivity index (χ2n) is 9.42. The lowest BCUT2D eigenvalue weighted by Crippen LogP contribution is -2.56. The lowest BCUT2D eigenvalue weighted by Gasteiger charge is -2.37. The van der Waals surface area contributed by atoms with Crippen molar-refractivity contribution in [2.24, 2.45) is 5.73 Å². The molecule has 2 atom stereocenters. The Bertz CT molecular complexity index is 987. The summed E-state index contributed by atoms with van der Waals surface area (Å²) in [5, 5.41) is 15.5. The second kappa shape index (κ2) is 12.8. The highest BCUT2D eigenvalue weighted by molar-refractivity contribution is 5.95. The Labute approximate surface area is 210 Å². The number of nitrogens with two attached hydrogens (primary N) is 1. The number of para-hydroxylation sites is 1. The Morgan fingerprint density at radius 1 is 1.14 bits per heavy atom. The van der Waals surface area contributed by atoms with Crippen molar-refractivity contribution in [2.45, 2.75) is 71.7 Å². The van der Waals surface area contributed by atoms with Crippen molar-refractivity contribution in [3.05, 3.63) is 29.3 Å². The van der Waals surface area contributed by atoms with Gasteiger partial charge < -0.3 is 35.8 Å². The van der Waals surface area contributed by atoms with Gasteiger partial charge in [0.2, 0.25) is 17.7 Å². The number of hydrogen-bond donors (Lipinski definition) is 4. The molecule has 0 aliphatic rings. The number of benzene rings is 1. The van der Waals surface area contributed by atoms with Crippen LogP contribution in [0.5, 0.6) is 5.75 Å². The number of ether oxygens (including phenoxy) is 2. The fourth-order valence-corrected chi connectivity index (χ4v) is 3.36. The first-order chi connectivity index (χ1) is 16.6. The predicted molar refractivity (Wildman–Crippen MR) is 130 cm³/mol. The van der Waals surface area contributed by atoms with Gasteiger partial charge in [-0.3, -0.25) is 19.2 Å². The van der Waals surface area contributed by atoms with Gasteiger partial charge in [0.1, 0.15) is 30.0 Å². The number of aryl methyl sites for hydroxylation is 1. The summed E-state index contributed by atoms with van der Waals surface area (Å²) in [4.78, 5) is 63.9. The van der Waals surface area contributed by atoms with Crippen molar-refractivity contribution in [2.75, 3.05) is 13.7 Å². The molecule has 0 heterocycles. The second-order valence-corrected chi connectivity index (χ2v) is 9.42. The zero-order chi connectivity index (χ0) is 27.8. The van der Waals surface area contributed by atoms with Gasteiger partial charge in [0.15, 0.2) is 0 Å². The molecule has 1 aromatic rings. The van der Waals surface area contributed by atoms with Crippen molar-refractivity contribution in [3.8, 4) is 5.75 Å². The summed E-state index contributed by atoms with van der Waals surface area (Å²) < 4.78 is 9.75. The summed E-state index contributed by atoms with van der Waals surface area (Å²) in [7, 11) is 1.15. The van der Waals surface area contributed by atoms with Crippen LogP contribution in [0.4, 0.5) is 4.79 Å². The molecule has 0 radical (unpaired) electrons. The van der Waals surface area contributed by atoms with E-state index in [4.69, 9.17) is 10.5 Å². The number of primary amides is 1. The average Bonchev–Trinajstić information content (AvgIpc) is 2.74. The number of nitrogens with one attached hydrogen (secondary N) is 2. The molecular formula is C24H36N4O8. The summed E-state index contributed by atoms with van der Waals surface area (Å²) in [5.41, 5.74) is 4.96. The Morgan fingerprint density at radius 3 is 2.25 bits per heavy atom. The topological polar surface area (TPSA) is 177 Å². The molecule has 0 saturated carbocycles. The summed E-state index contributed by atoms with van der Waals surface area (Å²) in [6.45, 7) is 9.23. The molecule has 12 nitrogen and oxygen atoms in total. The van der Waals surface area contributed by atoms with Gasteiger partial charge in [-0.1, -0.05) is 18.2 Å². The Balaban J connectivity index is 3.55. The van der Waals surface area contributed by atoms with Crippen molar-refractivity contribution in [1.82, 2.24) is 15.5 Å². The number of carbonyl (C=O) groups excluding carboxylic acids is 5. The van der Waals surface area contributed by atoms with E-state index in [1.165, 1.54) is 6.07 Å². The molecule has 0 spiro atoms. The van der Waals surface area contributed by atoms with Gasteiger partial charge in [0.25, 0.3) is 0 Å². The van der Waals surface area contributed by atoms with Crippen molar-refractivity contribution < 1.29 is 38.6 Å². The third-order valence-electron chi connectivity index (χ3n) is 4.93. The Morgan fingerprint density at radius 2 is 1.75 bits per heavy atom. The fraction of sp³-hybridized carbons (Fsp3) is 0.542. The molecule has 0 aromatic heterocycles. The zero-order valence-corrected chi connectivity index (χ0v) is 21.7. The molecule has 2 unspecified atom stereocenters. The first-order valence-corrected chi connectivity index (χ1v) is 11.3. The van der Waals surface area contributed by atoms with Crippen LogP contribution in [0.15, 0.2) is 18.2 Å². The molecule has 4 amide bonds. The van der Waals surface area contributed by atoms with E-state index in [9.17, 15) is 29.1 Å². The van der Waals surface area contributed by atoms with Crippen LogP contribution in [-0.2, 0) is 28.7 Å². The average molecular weight is 509 g/mol. The molecule has 1 rings (SSSR count). The number of amides is 4. The van der Waals surface area contributed by atoms with E-state index in [-0.39, 0.29) is 11.3 Å². The minimum atomic E-state index is -1.47. The summed E-state index contributed by atoms with van der Waals surface area (Å²) in [5.74, 6) is -3.46. The van der Waals surface area contributed by atoms with Crippen LogP contribution < -0.4 is 16.4 Å². The quantitative estimate of drug-likeness (QED) is 0.339. The number of methoxy groups -OCH3 is 1. The first-order valence-electron chi connectivity index (χ1n) is 11.3. The minimum Gasteiger partial charge on any atom is -0.507 e. The maximum atomic E-state index is 13.7. The van der Waals surface area contributed by atoms with Gasteiger partial charge >= 0.3 is 12.1 Å². The molecule has 36 heavy (non-hydrogen) atoms. The summed E-state index contributed by atoms with van der Waals surface area (Å²) >= 11 is 0. The Hall–Kier alpha value is -3.83. The van der Waals surface area contributed by atoms with Gasteiger partial charge in [-0.05, 0) is 47.1 Å². The maximum Gasteiger partial charge on any atom is 0.408 e. The van der Waals surface area contributed by atoms with Crippen LogP contribution in [0.25, 0.3) is 0 Å². The highest BCUT2D eigenvalue weighted by atomic mass is 16.6. The van der Waals surface area contributed by atoms with E-state index in [0.717, 1.165) is 12.0 Å². The number of nitrogens with zero attached hydrogens (tertiary/aromatic N) is 1. The Kier molecular flexibility index (Phi) is 10.7. The van der Waals surface area contributed by atoms with E-state index in [1.807, 2.05) is 0 Å². The fourth-order valence-electron chi connectivity index (χ4n) is 3.36. The minimum absolute atomic E-state index is 0.0782. The highest BCUT2D eigenvalue weighted by Gasteiger charge is 2.39. The van der Waals surface area contributed by atoms with Crippen LogP contribution >= 0.6 is 0 Å². The number of alkyl carbamates (subject to hydrolysis) is 1. The third-order valence-corrected chi connectivity index (χ3v) is 4.93. The first kappa shape index (κ1) is 30.2. The number of phenolic OH excluding ortho intramolecular Hbond substituents is 1. The normalized spacial score (nSPS) is 12.8. The van der Waals surface area contributed by atoms with Crippen LogP contribution in [0.3, 0.4) is 0 Å². The van der Waals surface area contributed by atoms with Gasteiger partial charge in [-0.2, -0.15) is 0 Å². The van der Waals surface area contributed by atoms with Gasteiger partial charge in [0.05, 0.1) is 13.5 Å².